The third-order valence-electron chi connectivity index (χ3n) is 7.50. The number of benzene rings is 2. The zero-order valence-corrected chi connectivity index (χ0v) is 19.0. The SMILES string of the molecule is C[N+]1(C)C2CCC(C2)CC1CC(C(N)=O)(c1ccccc1)c1ccccc1.[I-]. The van der Waals surface area contributed by atoms with Gasteiger partial charge in [0.15, 0.2) is 0 Å². The van der Waals surface area contributed by atoms with Crippen molar-refractivity contribution in [3.8, 4) is 0 Å². The first-order valence-electron chi connectivity index (χ1n) is 10.2. The highest BCUT2D eigenvalue weighted by molar-refractivity contribution is 5.90. The van der Waals surface area contributed by atoms with Crippen LogP contribution >= 0.6 is 0 Å². The highest BCUT2D eigenvalue weighted by Crippen LogP contribution is 2.47. The van der Waals surface area contributed by atoms with E-state index in [1.807, 2.05) is 36.4 Å². The number of carbonyl (C=O) groups excluding carboxylic acids is 1. The van der Waals surface area contributed by atoms with Crippen LogP contribution in [-0.2, 0) is 10.2 Å². The van der Waals surface area contributed by atoms with Gasteiger partial charge in [0.05, 0.1) is 26.2 Å². The molecular weight excluding hydrogens is 459 g/mol. The molecule has 2 aliphatic rings. The highest BCUT2D eigenvalue weighted by Gasteiger charge is 2.52. The van der Waals surface area contributed by atoms with Crippen molar-refractivity contribution in [1.82, 2.24) is 0 Å². The van der Waals surface area contributed by atoms with Gasteiger partial charge in [0.2, 0.25) is 5.91 Å². The van der Waals surface area contributed by atoms with Crippen molar-refractivity contribution >= 4 is 5.91 Å². The highest BCUT2D eigenvalue weighted by atomic mass is 127. The van der Waals surface area contributed by atoms with E-state index in [0.29, 0.717) is 12.1 Å². The fourth-order valence-electron chi connectivity index (χ4n) is 5.73. The van der Waals surface area contributed by atoms with Gasteiger partial charge in [-0.25, -0.2) is 0 Å². The minimum atomic E-state index is -0.778. The van der Waals surface area contributed by atoms with Crippen molar-refractivity contribution in [1.29, 1.82) is 0 Å². The van der Waals surface area contributed by atoms with E-state index in [-0.39, 0.29) is 29.9 Å². The fourth-order valence-corrected chi connectivity index (χ4v) is 5.73. The number of halogens is 1. The van der Waals surface area contributed by atoms with Crippen LogP contribution in [0.4, 0.5) is 0 Å². The maximum atomic E-state index is 13.1. The first-order chi connectivity index (χ1) is 12.9. The first kappa shape index (κ1) is 21.3. The van der Waals surface area contributed by atoms with Crippen LogP contribution in [0.15, 0.2) is 60.7 Å². The standard InChI is InChI=1S/C24H30N2O.HI/c1-26(2)21-14-13-18(15-21)16-22(26)17-24(23(25)27,19-9-5-3-6-10-19)20-11-7-4-8-12-20;/h3-12,18,21-22H,13-17H2,1-2H3,(H-,25,27);1H. The number of primary amides is 1. The summed E-state index contributed by atoms with van der Waals surface area (Å²) in [7, 11) is 4.72. The average molecular weight is 490 g/mol. The predicted molar refractivity (Wildman–Crippen MR) is 109 cm³/mol. The number of fused-ring (bicyclic) bond motifs is 2. The Hall–Kier alpha value is -1.40. The van der Waals surface area contributed by atoms with E-state index in [1.54, 1.807) is 0 Å². The maximum absolute atomic E-state index is 13.1. The van der Waals surface area contributed by atoms with E-state index in [0.717, 1.165) is 27.9 Å². The molecule has 2 aromatic rings. The lowest BCUT2D eigenvalue weighted by molar-refractivity contribution is -0.943. The number of likely N-dealkylation sites (tertiary alicyclic amines) is 1. The molecule has 2 bridgehead atoms. The molecule has 1 aliphatic carbocycles. The van der Waals surface area contributed by atoms with E-state index in [4.69, 9.17) is 5.73 Å². The van der Waals surface area contributed by atoms with Crippen LogP contribution in [0.25, 0.3) is 0 Å². The van der Waals surface area contributed by atoms with Crippen LogP contribution in [0.5, 0.6) is 0 Å². The van der Waals surface area contributed by atoms with Gasteiger partial charge in [-0.3, -0.25) is 4.79 Å². The van der Waals surface area contributed by atoms with E-state index in [2.05, 4.69) is 38.4 Å². The van der Waals surface area contributed by atoms with Gasteiger partial charge >= 0.3 is 0 Å². The molecule has 1 saturated heterocycles. The number of hydrogen-bond donors (Lipinski definition) is 1. The van der Waals surface area contributed by atoms with Crippen LogP contribution in [-0.4, -0.2) is 36.6 Å². The zero-order chi connectivity index (χ0) is 19.1. The third-order valence-corrected chi connectivity index (χ3v) is 7.50. The third kappa shape index (κ3) is 3.50. The second-order valence-electron chi connectivity index (χ2n) is 9.06. The Bertz CT molecular complexity index is 766. The van der Waals surface area contributed by atoms with Gasteiger partial charge in [-0.2, -0.15) is 0 Å². The molecule has 2 aromatic carbocycles. The summed E-state index contributed by atoms with van der Waals surface area (Å²) < 4.78 is 1.01. The monoisotopic (exact) mass is 490 g/mol. The van der Waals surface area contributed by atoms with Crippen molar-refractivity contribution in [3.05, 3.63) is 71.8 Å². The summed E-state index contributed by atoms with van der Waals surface area (Å²) in [6.45, 7) is 0. The van der Waals surface area contributed by atoms with Crippen molar-refractivity contribution in [3.63, 3.8) is 0 Å². The summed E-state index contributed by atoms with van der Waals surface area (Å²) in [4.78, 5) is 13.1. The molecule has 1 saturated carbocycles. The van der Waals surface area contributed by atoms with Crippen molar-refractivity contribution in [2.45, 2.75) is 49.6 Å². The summed E-state index contributed by atoms with van der Waals surface area (Å²) in [6.07, 6.45) is 5.95. The molecule has 3 atom stereocenters. The van der Waals surface area contributed by atoms with Crippen LogP contribution < -0.4 is 29.7 Å². The van der Waals surface area contributed by atoms with Crippen LogP contribution in [0.1, 0.15) is 43.2 Å². The van der Waals surface area contributed by atoms with Crippen molar-refractivity contribution in [2.24, 2.45) is 11.7 Å². The lowest BCUT2D eigenvalue weighted by Crippen LogP contribution is -3.00. The molecule has 2 fully saturated rings. The Morgan fingerprint density at radius 1 is 0.964 bits per heavy atom. The van der Waals surface area contributed by atoms with Crippen molar-refractivity contribution in [2.75, 3.05) is 14.1 Å². The number of piperidine rings is 1. The summed E-state index contributed by atoms with van der Waals surface area (Å²) in [5, 5.41) is 0. The molecule has 1 amide bonds. The van der Waals surface area contributed by atoms with Crippen LogP contribution in [0.2, 0.25) is 0 Å². The molecule has 1 heterocycles. The molecule has 150 valence electrons. The van der Waals surface area contributed by atoms with E-state index >= 15 is 0 Å². The summed E-state index contributed by atoms with van der Waals surface area (Å²) in [5.74, 6) is 0.570. The number of hydrogen-bond acceptors (Lipinski definition) is 1. The topological polar surface area (TPSA) is 43.1 Å². The summed E-state index contributed by atoms with van der Waals surface area (Å²) >= 11 is 0. The Morgan fingerprint density at radius 2 is 1.50 bits per heavy atom. The number of carbonyl (C=O) groups is 1. The second kappa shape index (κ2) is 8.15. The Labute approximate surface area is 185 Å². The van der Waals surface area contributed by atoms with Gasteiger partial charge in [0.25, 0.3) is 0 Å². The lowest BCUT2D eigenvalue weighted by atomic mass is 9.67. The molecule has 28 heavy (non-hydrogen) atoms. The molecule has 2 N–H and O–H groups in total. The molecular formula is C24H31IN2O. The second-order valence-corrected chi connectivity index (χ2v) is 9.06. The van der Waals surface area contributed by atoms with Gasteiger partial charge in [0, 0.05) is 19.3 Å². The molecule has 4 heteroatoms. The van der Waals surface area contributed by atoms with E-state index in [9.17, 15) is 4.79 Å². The predicted octanol–water partition coefficient (Wildman–Crippen LogP) is 0.870. The first-order valence-corrected chi connectivity index (χ1v) is 10.2. The number of quaternary nitrogens is 1. The Morgan fingerprint density at radius 3 is 2.00 bits per heavy atom. The van der Waals surface area contributed by atoms with Crippen molar-refractivity contribution < 1.29 is 33.3 Å². The summed E-state index contributed by atoms with van der Waals surface area (Å²) in [5.41, 5.74) is 7.43. The van der Waals surface area contributed by atoms with E-state index < -0.39 is 5.41 Å². The van der Waals surface area contributed by atoms with E-state index in [1.165, 1.54) is 25.7 Å². The van der Waals surface area contributed by atoms with Gasteiger partial charge in [-0.15, -0.1) is 0 Å². The molecule has 3 unspecified atom stereocenters. The molecule has 0 spiro atoms. The number of amides is 1. The number of rotatable bonds is 5. The minimum absolute atomic E-state index is 0. The number of nitrogens with two attached hydrogens (primary N) is 1. The Balaban J connectivity index is 0.00000225. The van der Waals surface area contributed by atoms with Gasteiger partial charge in [-0.1, -0.05) is 60.7 Å². The van der Waals surface area contributed by atoms with Gasteiger partial charge in [-0.05, 0) is 29.9 Å². The smallest absolute Gasteiger partial charge is 0.232 e. The molecule has 3 nitrogen and oxygen atoms in total. The average Bonchev–Trinajstić information content (AvgIpc) is 3.11. The minimum Gasteiger partial charge on any atom is -1.00 e. The largest absolute Gasteiger partial charge is 1.00 e. The molecule has 1 aliphatic heterocycles. The fraction of sp³-hybridized carbons (Fsp3) is 0.458. The van der Waals surface area contributed by atoms with Gasteiger partial charge in [0.1, 0.15) is 5.41 Å². The van der Waals surface area contributed by atoms with Crippen LogP contribution in [0.3, 0.4) is 0 Å². The Kier molecular flexibility index (Phi) is 6.20. The van der Waals surface area contributed by atoms with Crippen LogP contribution in [0, 0.1) is 5.92 Å². The molecule has 0 radical (unpaired) electrons. The quantitative estimate of drug-likeness (QED) is 0.491. The summed E-state index contributed by atoms with van der Waals surface area (Å²) in [6, 6.07) is 21.5. The zero-order valence-electron chi connectivity index (χ0n) is 16.9. The molecule has 4 rings (SSSR count). The molecule has 0 aromatic heterocycles. The lowest BCUT2D eigenvalue weighted by Gasteiger charge is -2.49. The number of nitrogens with zero attached hydrogens (tertiary/aromatic N) is 1. The maximum Gasteiger partial charge on any atom is 0.232 e. The van der Waals surface area contributed by atoms with Gasteiger partial charge < -0.3 is 34.2 Å². The normalized spacial score (nSPS) is 25.7.